The molecule has 2 nitrogen and oxygen atoms in total. The molecule has 1 aliphatic heterocycles. The molecule has 3 rings (SSSR count). The minimum Gasteiger partial charge on any atom is -0.308 e. The number of hydrogen-bond acceptors (Lipinski definition) is 3. The van der Waals surface area contributed by atoms with Gasteiger partial charge in [-0.05, 0) is 43.7 Å². The summed E-state index contributed by atoms with van der Waals surface area (Å²) in [7, 11) is 0. The minimum atomic E-state index is 0.312. The number of hydrogen-bond donors (Lipinski definition) is 1. The van der Waals surface area contributed by atoms with Crippen LogP contribution in [0.1, 0.15) is 44.4 Å². The summed E-state index contributed by atoms with van der Waals surface area (Å²) in [4.78, 5) is 4.13. The van der Waals surface area contributed by atoms with Crippen LogP contribution < -0.4 is 5.32 Å². The minimum absolute atomic E-state index is 0.312. The zero-order valence-electron chi connectivity index (χ0n) is 12.5. The molecule has 112 valence electrons. The number of rotatable bonds is 5. The van der Waals surface area contributed by atoms with Gasteiger partial charge in [-0.3, -0.25) is 4.90 Å². The molecule has 1 saturated carbocycles. The maximum absolute atomic E-state index is 6.09. The largest absolute Gasteiger partial charge is 0.308 e. The number of nitrogens with one attached hydrogen (secondary N) is 1. The third-order valence-corrected chi connectivity index (χ3v) is 6.38. The van der Waals surface area contributed by atoms with Gasteiger partial charge in [0, 0.05) is 36.1 Å². The zero-order chi connectivity index (χ0) is 14.2. The second-order valence-corrected chi connectivity index (χ2v) is 8.18. The Morgan fingerprint density at radius 1 is 1.35 bits per heavy atom. The number of thiophene rings is 1. The third-order valence-electron chi connectivity index (χ3n) is 5.17. The van der Waals surface area contributed by atoms with Crippen molar-refractivity contribution in [3.63, 3.8) is 0 Å². The molecule has 1 N–H and O–H groups in total. The molecule has 0 spiro atoms. The summed E-state index contributed by atoms with van der Waals surface area (Å²) in [6.45, 7) is 8.03. The Morgan fingerprint density at radius 2 is 2.10 bits per heavy atom. The monoisotopic (exact) mass is 312 g/mol. The molecule has 0 bridgehead atoms. The Morgan fingerprint density at radius 3 is 2.65 bits per heavy atom. The molecule has 1 aliphatic carbocycles. The fourth-order valence-electron chi connectivity index (χ4n) is 3.49. The SMILES string of the molecule is CCC1(CC)CN(Cc2ccc(Cl)s2)C(C2CC2)CN1. The lowest BCUT2D eigenvalue weighted by molar-refractivity contribution is 0.0565. The van der Waals surface area contributed by atoms with Crippen LogP contribution in [0, 0.1) is 5.92 Å². The first-order valence-electron chi connectivity index (χ1n) is 7.89. The average Bonchev–Trinajstić information content (AvgIpc) is 3.22. The van der Waals surface area contributed by atoms with E-state index in [9.17, 15) is 0 Å². The molecule has 2 aliphatic rings. The first-order chi connectivity index (χ1) is 9.65. The predicted octanol–water partition coefficient (Wildman–Crippen LogP) is 4.14. The van der Waals surface area contributed by atoms with Crippen LogP contribution in [-0.2, 0) is 6.54 Å². The summed E-state index contributed by atoms with van der Waals surface area (Å²) in [5.41, 5.74) is 0.312. The molecule has 0 radical (unpaired) electrons. The van der Waals surface area contributed by atoms with Gasteiger partial charge >= 0.3 is 0 Å². The number of piperazine rings is 1. The summed E-state index contributed by atoms with van der Waals surface area (Å²) < 4.78 is 0.912. The van der Waals surface area contributed by atoms with Gasteiger partial charge in [0.15, 0.2) is 0 Å². The maximum Gasteiger partial charge on any atom is 0.0931 e. The van der Waals surface area contributed by atoms with E-state index in [2.05, 4.69) is 30.1 Å². The van der Waals surface area contributed by atoms with Crippen molar-refractivity contribution in [3.8, 4) is 0 Å². The summed E-state index contributed by atoms with van der Waals surface area (Å²) in [6, 6.07) is 4.95. The molecule has 2 fully saturated rings. The topological polar surface area (TPSA) is 15.3 Å². The van der Waals surface area contributed by atoms with Crippen molar-refractivity contribution in [2.75, 3.05) is 13.1 Å². The van der Waals surface area contributed by atoms with E-state index >= 15 is 0 Å². The van der Waals surface area contributed by atoms with Crippen molar-refractivity contribution in [3.05, 3.63) is 21.3 Å². The summed E-state index contributed by atoms with van der Waals surface area (Å²) in [5.74, 6) is 0.921. The smallest absolute Gasteiger partial charge is 0.0931 e. The lowest BCUT2D eigenvalue weighted by Gasteiger charge is -2.47. The van der Waals surface area contributed by atoms with Crippen molar-refractivity contribution in [2.45, 2.75) is 57.7 Å². The van der Waals surface area contributed by atoms with Gasteiger partial charge in [0.05, 0.1) is 4.34 Å². The molecule has 4 heteroatoms. The van der Waals surface area contributed by atoms with E-state index in [4.69, 9.17) is 11.6 Å². The van der Waals surface area contributed by atoms with Crippen LogP contribution >= 0.6 is 22.9 Å². The van der Waals surface area contributed by atoms with Crippen LogP contribution in [0.2, 0.25) is 4.34 Å². The highest BCUT2D eigenvalue weighted by atomic mass is 35.5. The highest BCUT2D eigenvalue weighted by molar-refractivity contribution is 7.16. The fourth-order valence-corrected chi connectivity index (χ4v) is 4.60. The Kier molecular flexibility index (Phi) is 4.42. The van der Waals surface area contributed by atoms with Gasteiger partial charge in [-0.15, -0.1) is 11.3 Å². The quantitative estimate of drug-likeness (QED) is 0.879. The van der Waals surface area contributed by atoms with Crippen LogP contribution in [0.25, 0.3) is 0 Å². The Balaban J connectivity index is 1.74. The number of halogens is 1. The second kappa shape index (κ2) is 5.96. The van der Waals surface area contributed by atoms with E-state index in [1.807, 2.05) is 6.07 Å². The van der Waals surface area contributed by atoms with Gasteiger partial charge < -0.3 is 5.32 Å². The normalized spacial score (nSPS) is 26.9. The van der Waals surface area contributed by atoms with Gasteiger partial charge in [0.1, 0.15) is 0 Å². The molecule has 1 atom stereocenters. The van der Waals surface area contributed by atoms with Crippen molar-refractivity contribution in [1.29, 1.82) is 0 Å². The van der Waals surface area contributed by atoms with Crippen molar-refractivity contribution >= 4 is 22.9 Å². The van der Waals surface area contributed by atoms with E-state index in [1.165, 1.54) is 37.1 Å². The highest BCUT2D eigenvalue weighted by Gasteiger charge is 2.42. The third kappa shape index (κ3) is 3.06. The van der Waals surface area contributed by atoms with Crippen LogP contribution in [0.15, 0.2) is 12.1 Å². The van der Waals surface area contributed by atoms with Crippen LogP contribution in [0.3, 0.4) is 0 Å². The summed E-state index contributed by atoms with van der Waals surface area (Å²) >= 11 is 7.82. The van der Waals surface area contributed by atoms with Gasteiger partial charge in [-0.2, -0.15) is 0 Å². The maximum atomic E-state index is 6.09. The molecule has 1 unspecified atom stereocenters. The van der Waals surface area contributed by atoms with Gasteiger partial charge in [0.2, 0.25) is 0 Å². The zero-order valence-corrected chi connectivity index (χ0v) is 14.1. The van der Waals surface area contributed by atoms with E-state index in [1.54, 1.807) is 11.3 Å². The molecule has 0 aromatic carbocycles. The molecule has 2 heterocycles. The van der Waals surface area contributed by atoms with E-state index in [0.717, 1.165) is 29.4 Å². The average molecular weight is 313 g/mol. The van der Waals surface area contributed by atoms with Crippen molar-refractivity contribution < 1.29 is 0 Å². The standard InChI is InChI=1S/C16H25ClN2S/c1-3-16(4-2)11-19(10-13-7-8-15(17)20-13)14(9-18-16)12-5-6-12/h7-8,12,14,18H,3-6,9-11H2,1-2H3. The molecular weight excluding hydrogens is 288 g/mol. The van der Waals surface area contributed by atoms with E-state index < -0.39 is 0 Å². The second-order valence-electron chi connectivity index (χ2n) is 6.38. The van der Waals surface area contributed by atoms with Crippen molar-refractivity contribution in [2.24, 2.45) is 5.92 Å². The summed E-state index contributed by atoms with van der Waals surface area (Å²) in [6.07, 6.45) is 5.25. The van der Waals surface area contributed by atoms with Gasteiger partial charge in [-0.25, -0.2) is 0 Å². The fraction of sp³-hybridized carbons (Fsp3) is 0.750. The van der Waals surface area contributed by atoms with Crippen LogP contribution in [0.5, 0.6) is 0 Å². The first-order valence-corrected chi connectivity index (χ1v) is 9.08. The number of nitrogens with zero attached hydrogens (tertiary/aromatic N) is 1. The lowest BCUT2D eigenvalue weighted by Crippen LogP contribution is -2.64. The molecule has 1 aromatic heterocycles. The molecular formula is C16H25ClN2S. The van der Waals surface area contributed by atoms with E-state index in [-0.39, 0.29) is 0 Å². The lowest BCUT2D eigenvalue weighted by atomic mass is 9.87. The summed E-state index contributed by atoms with van der Waals surface area (Å²) in [5, 5.41) is 3.86. The highest BCUT2D eigenvalue weighted by Crippen LogP contribution is 2.39. The Bertz CT molecular complexity index is 451. The molecule has 20 heavy (non-hydrogen) atoms. The first kappa shape index (κ1) is 14.8. The van der Waals surface area contributed by atoms with Crippen molar-refractivity contribution in [1.82, 2.24) is 10.2 Å². The van der Waals surface area contributed by atoms with E-state index in [0.29, 0.717) is 5.54 Å². The predicted molar refractivity (Wildman–Crippen MR) is 87.6 cm³/mol. The Labute approximate surface area is 131 Å². The Hall–Kier alpha value is -0.0900. The van der Waals surface area contributed by atoms with Gasteiger partial charge in [-0.1, -0.05) is 25.4 Å². The molecule has 1 saturated heterocycles. The molecule has 0 amide bonds. The van der Waals surface area contributed by atoms with Crippen LogP contribution in [-0.4, -0.2) is 29.6 Å². The van der Waals surface area contributed by atoms with Gasteiger partial charge in [0.25, 0.3) is 0 Å². The van der Waals surface area contributed by atoms with Crippen LogP contribution in [0.4, 0.5) is 0 Å². The molecule has 1 aromatic rings.